The van der Waals surface area contributed by atoms with E-state index in [2.05, 4.69) is 4.72 Å². The van der Waals surface area contributed by atoms with Crippen molar-refractivity contribution in [2.75, 3.05) is 25.7 Å². The largest absolute Gasteiger partial charge is 0.495 e. The minimum atomic E-state index is -3.56. The molecule has 1 rings (SSSR count). The normalized spacial score (nSPS) is 11.5. The maximum atomic E-state index is 12.2. The van der Waals surface area contributed by atoms with Crippen LogP contribution in [0.1, 0.15) is 12.0 Å². The first kappa shape index (κ1) is 16.3. The number of hydrogen-bond donors (Lipinski definition) is 2. The first-order valence-electron chi connectivity index (χ1n) is 5.90. The van der Waals surface area contributed by atoms with E-state index < -0.39 is 10.0 Å². The maximum absolute atomic E-state index is 12.2. The van der Waals surface area contributed by atoms with Crippen molar-refractivity contribution in [3.8, 4) is 5.75 Å². The van der Waals surface area contributed by atoms with Gasteiger partial charge in [0.25, 0.3) is 0 Å². The molecular formula is C12H20N2O3S2. The summed E-state index contributed by atoms with van der Waals surface area (Å²) in [6.07, 6.45) is 2.78. The number of benzene rings is 1. The van der Waals surface area contributed by atoms with Crippen molar-refractivity contribution >= 4 is 21.8 Å². The second kappa shape index (κ2) is 7.74. The van der Waals surface area contributed by atoms with Crippen LogP contribution in [0.5, 0.6) is 5.75 Å². The highest BCUT2D eigenvalue weighted by molar-refractivity contribution is 7.98. The second-order valence-electron chi connectivity index (χ2n) is 3.93. The Morgan fingerprint density at radius 1 is 1.42 bits per heavy atom. The number of ether oxygens (including phenoxy) is 1. The number of nitrogens with two attached hydrogens (primary N) is 1. The smallest absolute Gasteiger partial charge is 0.244 e. The topological polar surface area (TPSA) is 81.4 Å². The number of rotatable bonds is 8. The first-order chi connectivity index (χ1) is 9.05. The van der Waals surface area contributed by atoms with Crippen molar-refractivity contribution < 1.29 is 13.2 Å². The summed E-state index contributed by atoms with van der Waals surface area (Å²) in [5.74, 6) is 1.25. The minimum Gasteiger partial charge on any atom is -0.495 e. The molecule has 0 aromatic heterocycles. The van der Waals surface area contributed by atoms with Gasteiger partial charge in [0.05, 0.1) is 7.11 Å². The fourth-order valence-corrected chi connectivity index (χ4v) is 3.28. The van der Waals surface area contributed by atoms with E-state index in [-0.39, 0.29) is 4.90 Å². The standard InChI is InChI=1S/C12H20N2O3S2/c1-17-11-5-4-10(9-13)8-12(11)19(15,16)14-6-3-7-18-2/h4-5,8,14H,3,6-7,9,13H2,1-2H3. The Bertz CT molecular complexity index is 504. The molecule has 0 saturated carbocycles. The predicted octanol–water partition coefficient (Wildman–Crippen LogP) is 1.19. The summed E-state index contributed by atoms with van der Waals surface area (Å²) in [4.78, 5) is 0.141. The molecule has 0 amide bonds. The monoisotopic (exact) mass is 304 g/mol. The molecule has 0 radical (unpaired) electrons. The summed E-state index contributed by atoms with van der Waals surface area (Å²) < 4.78 is 32.1. The van der Waals surface area contributed by atoms with E-state index in [1.54, 1.807) is 30.0 Å². The molecular weight excluding hydrogens is 284 g/mol. The van der Waals surface area contributed by atoms with Crippen molar-refractivity contribution in [2.45, 2.75) is 17.9 Å². The zero-order valence-electron chi connectivity index (χ0n) is 11.2. The summed E-state index contributed by atoms with van der Waals surface area (Å²) in [5, 5.41) is 0. The van der Waals surface area contributed by atoms with Gasteiger partial charge in [-0.05, 0) is 36.1 Å². The van der Waals surface area contributed by atoms with Crippen LogP contribution in [0.25, 0.3) is 0 Å². The molecule has 1 aromatic rings. The summed E-state index contributed by atoms with van der Waals surface area (Å²) in [5.41, 5.74) is 6.29. The van der Waals surface area contributed by atoms with Gasteiger partial charge in [0.15, 0.2) is 0 Å². The zero-order valence-corrected chi connectivity index (χ0v) is 12.8. The number of hydrogen-bond acceptors (Lipinski definition) is 5. The number of thioether (sulfide) groups is 1. The molecule has 1 aromatic carbocycles. The van der Waals surface area contributed by atoms with Gasteiger partial charge >= 0.3 is 0 Å². The molecule has 0 bridgehead atoms. The SMILES string of the molecule is COc1ccc(CN)cc1S(=O)(=O)NCCCSC. The number of sulfonamides is 1. The van der Waals surface area contributed by atoms with Crippen LogP contribution in [-0.4, -0.2) is 34.1 Å². The highest BCUT2D eigenvalue weighted by Gasteiger charge is 2.19. The van der Waals surface area contributed by atoms with Gasteiger partial charge in [-0.15, -0.1) is 0 Å². The molecule has 0 unspecified atom stereocenters. The molecule has 19 heavy (non-hydrogen) atoms. The van der Waals surface area contributed by atoms with Crippen LogP contribution in [0.2, 0.25) is 0 Å². The lowest BCUT2D eigenvalue weighted by molar-refractivity contribution is 0.402. The van der Waals surface area contributed by atoms with E-state index >= 15 is 0 Å². The molecule has 0 saturated heterocycles. The van der Waals surface area contributed by atoms with Crippen LogP contribution >= 0.6 is 11.8 Å². The number of nitrogens with one attached hydrogen (secondary N) is 1. The van der Waals surface area contributed by atoms with Gasteiger partial charge in [-0.1, -0.05) is 6.07 Å². The molecule has 5 nitrogen and oxygen atoms in total. The molecule has 0 aliphatic carbocycles. The van der Waals surface area contributed by atoms with E-state index in [1.165, 1.54) is 7.11 Å². The van der Waals surface area contributed by atoms with E-state index in [0.717, 1.165) is 17.7 Å². The van der Waals surface area contributed by atoms with Crippen LogP contribution in [0, 0.1) is 0 Å². The molecule has 0 aliphatic heterocycles. The predicted molar refractivity (Wildman–Crippen MR) is 79.1 cm³/mol. The Labute approximate surface area is 119 Å². The van der Waals surface area contributed by atoms with Crippen molar-refractivity contribution in [3.63, 3.8) is 0 Å². The van der Waals surface area contributed by atoms with Crippen molar-refractivity contribution in [1.82, 2.24) is 4.72 Å². The summed E-state index contributed by atoms with van der Waals surface area (Å²) in [6, 6.07) is 4.93. The van der Waals surface area contributed by atoms with E-state index in [0.29, 0.717) is 18.8 Å². The molecule has 0 heterocycles. The maximum Gasteiger partial charge on any atom is 0.244 e. The molecule has 0 aliphatic rings. The lowest BCUT2D eigenvalue weighted by Gasteiger charge is -2.11. The Balaban J connectivity index is 2.92. The molecule has 0 spiro atoms. The highest BCUT2D eigenvalue weighted by Crippen LogP contribution is 2.24. The Kier molecular flexibility index (Phi) is 6.64. The summed E-state index contributed by atoms with van der Waals surface area (Å²) in [6.45, 7) is 0.707. The summed E-state index contributed by atoms with van der Waals surface area (Å²) >= 11 is 1.69. The van der Waals surface area contributed by atoms with Gasteiger partial charge in [0.2, 0.25) is 10.0 Å². The summed E-state index contributed by atoms with van der Waals surface area (Å²) in [7, 11) is -2.11. The third-order valence-corrected chi connectivity index (χ3v) is 4.75. The lowest BCUT2D eigenvalue weighted by Crippen LogP contribution is -2.25. The molecule has 0 fully saturated rings. The van der Waals surface area contributed by atoms with Gasteiger partial charge < -0.3 is 10.5 Å². The highest BCUT2D eigenvalue weighted by atomic mass is 32.2. The third-order valence-electron chi connectivity index (χ3n) is 2.57. The van der Waals surface area contributed by atoms with Crippen LogP contribution in [0.3, 0.4) is 0 Å². The van der Waals surface area contributed by atoms with Crippen LogP contribution in [0.15, 0.2) is 23.1 Å². The Hall–Kier alpha value is -0.760. The van der Waals surface area contributed by atoms with E-state index in [4.69, 9.17) is 10.5 Å². The molecule has 3 N–H and O–H groups in total. The van der Waals surface area contributed by atoms with Crippen molar-refractivity contribution in [3.05, 3.63) is 23.8 Å². The molecule has 108 valence electrons. The van der Waals surface area contributed by atoms with Crippen molar-refractivity contribution in [2.24, 2.45) is 5.73 Å². The average molecular weight is 304 g/mol. The third kappa shape index (κ3) is 4.68. The van der Waals surface area contributed by atoms with Gasteiger partial charge in [-0.25, -0.2) is 13.1 Å². The van der Waals surface area contributed by atoms with E-state index in [1.807, 2.05) is 6.26 Å². The van der Waals surface area contributed by atoms with Crippen LogP contribution in [-0.2, 0) is 16.6 Å². The lowest BCUT2D eigenvalue weighted by atomic mass is 10.2. The molecule has 0 atom stereocenters. The van der Waals surface area contributed by atoms with Gasteiger partial charge in [-0.2, -0.15) is 11.8 Å². The average Bonchev–Trinajstić information content (AvgIpc) is 2.43. The van der Waals surface area contributed by atoms with Gasteiger partial charge in [-0.3, -0.25) is 0 Å². The van der Waals surface area contributed by atoms with Gasteiger partial charge in [0.1, 0.15) is 10.6 Å². The van der Waals surface area contributed by atoms with Crippen LogP contribution < -0.4 is 15.2 Å². The Morgan fingerprint density at radius 2 is 2.16 bits per heavy atom. The fraction of sp³-hybridized carbons (Fsp3) is 0.500. The van der Waals surface area contributed by atoms with Crippen molar-refractivity contribution in [1.29, 1.82) is 0 Å². The molecule has 7 heteroatoms. The number of methoxy groups -OCH3 is 1. The quantitative estimate of drug-likeness (QED) is 0.705. The zero-order chi connectivity index (χ0) is 14.3. The second-order valence-corrected chi connectivity index (χ2v) is 6.65. The van der Waals surface area contributed by atoms with Gasteiger partial charge in [0, 0.05) is 13.1 Å². The Morgan fingerprint density at radius 3 is 2.74 bits per heavy atom. The van der Waals surface area contributed by atoms with E-state index in [9.17, 15) is 8.42 Å². The van der Waals surface area contributed by atoms with Crippen LogP contribution in [0.4, 0.5) is 0 Å². The fourth-order valence-electron chi connectivity index (χ4n) is 1.56. The first-order valence-corrected chi connectivity index (χ1v) is 8.78. The minimum absolute atomic E-state index is 0.141.